The maximum atomic E-state index is 14.6. The monoisotopic (exact) mass is 1020 g/mol. The third-order valence-electron chi connectivity index (χ3n) is 14.5. The van der Waals surface area contributed by atoms with Crippen molar-refractivity contribution in [1.29, 1.82) is 0 Å². The molecular formula is C60H119N7O5. The Morgan fingerprint density at radius 3 is 0.736 bits per heavy atom. The number of carbonyl (C=O) groups excluding carboxylic acids is 5. The molecule has 0 atom stereocenters. The van der Waals surface area contributed by atoms with Gasteiger partial charge in [0.05, 0.1) is 32.7 Å². The van der Waals surface area contributed by atoms with Gasteiger partial charge in [0, 0.05) is 39.3 Å². The van der Waals surface area contributed by atoms with Crippen molar-refractivity contribution in [2.45, 2.75) is 285 Å². The molecule has 0 unspecified atom stereocenters. The Bertz CT molecular complexity index is 1270. The van der Waals surface area contributed by atoms with E-state index < -0.39 is 5.91 Å². The van der Waals surface area contributed by atoms with E-state index in [-0.39, 0.29) is 56.4 Å². The Morgan fingerprint density at radius 1 is 0.306 bits per heavy atom. The van der Waals surface area contributed by atoms with Crippen molar-refractivity contribution in [3.8, 4) is 0 Å². The molecule has 0 fully saturated rings. The Balaban J connectivity index is 6.15. The van der Waals surface area contributed by atoms with Crippen LogP contribution in [0.1, 0.15) is 285 Å². The maximum absolute atomic E-state index is 14.6. The molecule has 0 saturated carbocycles. The van der Waals surface area contributed by atoms with Crippen molar-refractivity contribution in [3.63, 3.8) is 0 Å². The van der Waals surface area contributed by atoms with Crippen molar-refractivity contribution in [1.82, 2.24) is 24.9 Å². The predicted molar refractivity (Wildman–Crippen MR) is 305 cm³/mol. The van der Waals surface area contributed by atoms with Crippen LogP contribution in [0.4, 0.5) is 0 Å². The van der Waals surface area contributed by atoms with Crippen molar-refractivity contribution < 1.29 is 24.0 Å². The van der Waals surface area contributed by atoms with E-state index in [9.17, 15) is 24.0 Å². The van der Waals surface area contributed by atoms with Gasteiger partial charge in [-0.15, -0.1) is 0 Å². The van der Waals surface area contributed by atoms with Gasteiger partial charge in [0.2, 0.25) is 29.5 Å². The van der Waals surface area contributed by atoms with Gasteiger partial charge in [-0.25, -0.2) is 0 Å². The highest BCUT2D eigenvalue weighted by molar-refractivity contribution is 5.91. The molecule has 424 valence electrons. The van der Waals surface area contributed by atoms with Crippen LogP contribution in [0.15, 0.2) is 0 Å². The minimum Gasteiger partial charge on any atom is -0.368 e. The number of primary amides is 1. The number of carbonyl (C=O) groups is 5. The summed E-state index contributed by atoms with van der Waals surface area (Å²) in [6, 6.07) is 0. The van der Waals surface area contributed by atoms with E-state index in [0.29, 0.717) is 39.3 Å². The van der Waals surface area contributed by atoms with E-state index in [4.69, 9.17) is 11.5 Å². The molecule has 0 saturated heterocycles. The van der Waals surface area contributed by atoms with Crippen LogP contribution >= 0.6 is 0 Å². The molecule has 0 radical (unpaired) electrons. The molecule has 0 heterocycles. The van der Waals surface area contributed by atoms with Crippen LogP contribution in [0.2, 0.25) is 0 Å². The van der Waals surface area contributed by atoms with Gasteiger partial charge in [-0.3, -0.25) is 24.0 Å². The third-order valence-corrected chi connectivity index (χ3v) is 14.5. The van der Waals surface area contributed by atoms with E-state index in [1.807, 2.05) is 0 Å². The molecule has 12 nitrogen and oxygen atoms in total. The fraction of sp³-hybridized carbons (Fsp3) is 0.917. The minimum absolute atomic E-state index is 0.0891. The van der Waals surface area contributed by atoms with Gasteiger partial charge in [0.15, 0.2) is 0 Å². The first kappa shape index (κ1) is 69.3. The molecule has 0 rings (SSSR count). The number of rotatable bonds is 56. The van der Waals surface area contributed by atoms with Crippen LogP contribution in [0.3, 0.4) is 0 Å². The van der Waals surface area contributed by atoms with E-state index in [2.05, 4.69) is 33.0 Å². The van der Waals surface area contributed by atoms with Crippen molar-refractivity contribution in [2.75, 3.05) is 72.0 Å². The van der Waals surface area contributed by atoms with Gasteiger partial charge in [0.25, 0.3) is 0 Å². The van der Waals surface area contributed by atoms with E-state index in [1.54, 1.807) is 14.7 Å². The van der Waals surface area contributed by atoms with Crippen LogP contribution in [0.25, 0.3) is 0 Å². The molecule has 0 aromatic heterocycles. The fourth-order valence-electron chi connectivity index (χ4n) is 9.72. The average molecular weight is 1020 g/mol. The van der Waals surface area contributed by atoms with Crippen molar-refractivity contribution in [2.24, 2.45) is 11.5 Å². The maximum Gasteiger partial charge on any atom is 0.242 e. The first-order chi connectivity index (χ1) is 35.1. The van der Waals surface area contributed by atoms with Crippen molar-refractivity contribution >= 4 is 29.5 Å². The molecule has 0 spiro atoms. The molecule has 0 bridgehead atoms. The second-order valence-electron chi connectivity index (χ2n) is 21.4. The molecule has 0 aromatic rings. The van der Waals surface area contributed by atoms with E-state index in [0.717, 1.165) is 89.9 Å². The van der Waals surface area contributed by atoms with Gasteiger partial charge in [-0.1, -0.05) is 259 Å². The lowest BCUT2D eigenvalue weighted by molar-refractivity contribution is -0.146. The second kappa shape index (κ2) is 53.1. The Hall–Kier alpha value is -2.73. The van der Waals surface area contributed by atoms with Crippen LogP contribution < -0.4 is 16.8 Å². The van der Waals surface area contributed by atoms with E-state index in [1.165, 1.54) is 172 Å². The standard InChI is InChI=1S/C60H119N7O5/c1-5-9-13-17-21-25-29-33-37-41-47-64(52-56(62)68)58(70)54-66(49-43-39-35-31-27-23-19-15-11-7-3)60(72)55-67(50-44-40-36-32-28-24-20-16-12-8-4)59(71)53-65(57(69)51-63-46-45-61)48-42-38-34-30-26-22-18-14-10-6-2/h63H,5-55,61H2,1-4H3,(H2,62,68). The Kier molecular flexibility index (Phi) is 51.1. The van der Waals surface area contributed by atoms with Gasteiger partial charge in [-0.2, -0.15) is 0 Å². The smallest absolute Gasteiger partial charge is 0.242 e. The van der Waals surface area contributed by atoms with Crippen molar-refractivity contribution in [3.05, 3.63) is 0 Å². The summed E-state index contributed by atoms with van der Waals surface area (Å²) >= 11 is 0. The van der Waals surface area contributed by atoms with Gasteiger partial charge < -0.3 is 36.4 Å². The third kappa shape index (κ3) is 43.6. The largest absolute Gasteiger partial charge is 0.368 e. The normalized spacial score (nSPS) is 11.3. The number of nitrogens with one attached hydrogen (secondary N) is 1. The lowest BCUT2D eigenvalue weighted by Crippen LogP contribution is -2.51. The topological polar surface area (TPSA) is 162 Å². The van der Waals surface area contributed by atoms with Gasteiger partial charge >= 0.3 is 0 Å². The minimum atomic E-state index is -0.564. The molecule has 0 aliphatic rings. The zero-order chi connectivity index (χ0) is 53.0. The van der Waals surface area contributed by atoms with Crippen LogP contribution in [-0.4, -0.2) is 121 Å². The highest BCUT2D eigenvalue weighted by atomic mass is 16.2. The predicted octanol–water partition coefficient (Wildman–Crippen LogP) is 13.0. The molecule has 12 heteroatoms. The molecule has 0 aromatic carbocycles. The number of hydrogen-bond acceptors (Lipinski definition) is 7. The molecule has 5 amide bonds. The molecule has 0 aliphatic carbocycles. The lowest BCUT2D eigenvalue weighted by atomic mass is 10.1. The van der Waals surface area contributed by atoms with Crippen LogP contribution in [-0.2, 0) is 24.0 Å². The molecule has 72 heavy (non-hydrogen) atoms. The number of unbranched alkanes of at least 4 members (excludes halogenated alkanes) is 36. The number of nitrogens with zero attached hydrogens (tertiary/aromatic N) is 4. The number of nitrogens with two attached hydrogens (primary N) is 2. The number of amides is 5. The lowest BCUT2D eigenvalue weighted by Gasteiger charge is -2.31. The molecule has 0 aliphatic heterocycles. The summed E-state index contributed by atoms with van der Waals surface area (Å²) < 4.78 is 0. The quantitative estimate of drug-likeness (QED) is 0.0511. The summed E-state index contributed by atoms with van der Waals surface area (Å²) in [5.74, 6) is -1.49. The van der Waals surface area contributed by atoms with Crippen LogP contribution in [0, 0.1) is 0 Å². The zero-order valence-corrected chi connectivity index (χ0v) is 48.0. The van der Waals surface area contributed by atoms with E-state index >= 15 is 0 Å². The molecular weight excluding hydrogens is 899 g/mol. The fourth-order valence-corrected chi connectivity index (χ4v) is 9.72. The Morgan fingerprint density at radius 2 is 0.514 bits per heavy atom. The first-order valence-corrected chi connectivity index (χ1v) is 30.9. The first-order valence-electron chi connectivity index (χ1n) is 30.9. The average Bonchev–Trinajstić information content (AvgIpc) is 3.36. The summed E-state index contributed by atoms with van der Waals surface area (Å²) in [7, 11) is 0. The van der Waals surface area contributed by atoms with Gasteiger partial charge in [0.1, 0.15) is 0 Å². The summed E-state index contributed by atoms with van der Waals surface area (Å²) in [4.78, 5) is 75.6. The summed E-state index contributed by atoms with van der Waals surface area (Å²) in [6.07, 6.45) is 46.5. The number of hydrogen-bond donors (Lipinski definition) is 3. The second-order valence-corrected chi connectivity index (χ2v) is 21.4. The van der Waals surface area contributed by atoms with Gasteiger partial charge in [-0.05, 0) is 25.7 Å². The van der Waals surface area contributed by atoms with Crippen LogP contribution in [0.5, 0.6) is 0 Å². The highest BCUT2D eigenvalue weighted by Crippen LogP contribution is 2.16. The highest BCUT2D eigenvalue weighted by Gasteiger charge is 2.27. The Labute approximate surface area is 444 Å². The summed E-state index contributed by atoms with van der Waals surface area (Å²) in [6.45, 7) is 11.1. The zero-order valence-electron chi connectivity index (χ0n) is 48.0. The summed E-state index contributed by atoms with van der Waals surface area (Å²) in [5, 5.41) is 3.13. The SMILES string of the molecule is CCCCCCCCCCCCN(CC(N)=O)C(=O)CN(CCCCCCCCCCCC)C(=O)CN(CCCCCCCCCCCC)C(=O)CN(CCCCCCCCCCCC)C(=O)CNCCN. The summed E-state index contributed by atoms with van der Waals surface area (Å²) in [5.41, 5.74) is 11.4. The molecule has 5 N–H and O–H groups in total.